The van der Waals surface area contributed by atoms with Gasteiger partial charge in [-0.25, -0.2) is 9.38 Å². The molecule has 1 aromatic carbocycles. The van der Waals surface area contributed by atoms with Crippen LogP contribution >= 0.6 is 0 Å². The molecule has 0 aromatic heterocycles. The molecular weight excluding hydrogens is 279 g/mol. The van der Waals surface area contributed by atoms with Crippen molar-refractivity contribution in [3.8, 4) is 0 Å². The second-order valence-corrected chi connectivity index (χ2v) is 6.38. The van der Waals surface area contributed by atoms with Crippen LogP contribution in [0, 0.1) is 12.7 Å². The Kier molecular flexibility index (Phi) is 7.32. The third-order valence-corrected chi connectivity index (χ3v) is 3.06. The molecular formula is C17H29FN4. The molecule has 4 nitrogen and oxygen atoms in total. The highest BCUT2D eigenvalue weighted by Crippen LogP contribution is 2.09. The Labute approximate surface area is 133 Å². The Bertz CT molecular complexity index is 492. The standard InChI is InChI=1S/C17H29FN4/c1-6-19-16(20-9-10-22-17(3,4)5)21-12-14-7-8-15(18)13(2)11-14/h7-8,11,22H,6,9-10,12H2,1-5H3,(H2,19,20,21). The number of nitrogens with zero attached hydrogens (tertiary/aromatic N) is 1. The Hall–Kier alpha value is -1.62. The summed E-state index contributed by atoms with van der Waals surface area (Å²) < 4.78 is 13.3. The van der Waals surface area contributed by atoms with E-state index >= 15 is 0 Å². The third kappa shape index (κ3) is 7.41. The maximum absolute atomic E-state index is 13.3. The Morgan fingerprint density at radius 1 is 1.18 bits per heavy atom. The molecule has 0 aliphatic carbocycles. The first-order valence-electron chi connectivity index (χ1n) is 7.84. The highest BCUT2D eigenvalue weighted by Gasteiger charge is 2.07. The fourth-order valence-electron chi connectivity index (χ4n) is 1.94. The Morgan fingerprint density at radius 2 is 1.91 bits per heavy atom. The largest absolute Gasteiger partial charge is 0.357 e. The molecule has 0 amide bonds. The molecule has 0 saturated heterocycles. The highest BCUT2D eigenvalue weighted by molar-refractivity contribution is 5.79. The molecule has 0 fully saturated rings. The summed E-state index contributed by atoms with van der Waals surface area (Å²) in [6.45, 7) is 13.2. The smallest absolute Gasteiger partial charge is 0.191 e. The topological polar surface area (TPSA) is 48.5 Å². The van der Waals surface area contributed by atoms with Crippen molar-refractivity contribution in [3.05, 3.63) is 35.1 Å². The monoisotopic (exact) mass is 308 g/mol. The van der Waals surface area contributed by atoms with Gasteiger partial charge in [-0.3, -0.25) is 0 Å². The second kappa shape index (κ2) is 8.73. The molecule has 1 rings (SSSR count). The van der Waals surface area contributed by atoms with Crippen molar-refractivity contribution < 1.29 is 4.39 Å². The van der Waals surface area contributed by atoms with E-state index in [1.54, 1.807) is 13.0 Å². The van der Waals surface area contributed by atoms with Crippen molar-refractivity contribution in [2.45, 2.75) is 46.7 Å². The lowest BCUT2D eigenvalue weighted by Crippen LogP contribution is -2.44. The zero-order valence-electron chi connectivity index (χ0n) is 14.4. The molecule has 0 saturated carbocycles. The zero-order valence-corrected chi connectivity index (χ0v) is 14.4. The number of hydrogen-bond donors (Lipinski definition) is 3. The lowest BCUT2D eigenvalue weighted by molar-refractivity contribution is 0.428. The molecule has 124 valence electrons. The van der Waals surface area contributed by atoms with E-state index in [0.29, 0.717) is 12.1 Å². The number of hydrogen-bond acceptors (Lipinski definition) is 2. The van der Waals surface area contributed by atoms with Gasteiger partial charge >= 0.3 is 0 Å². The number of benzene rings is 1. The van der Waals surface area contributed by atoms with Crippen molar-refractivity contribution in [2.75, 3.05) is 19.6 Å². The van der Waals surface area contributed by atoms with Crippen molar-refractivity contribution in [2.24, 2.45) is 4.99 Å². The summed E-state index contributed by atoms with van der Waals surface area (Å²) in [5, 5.41) is 9.93. The van der Waals surface area contributed by atoms with Crippen LogP contribution in [0.4, 0.5) is 4.39 Å². The number of nitrogens with one attached hydrogen (secondary N) is 3. The average molecular weight is 308 g/mol. The summed E-state index contributed by atoms with van der Waals surface area (Å²) in [6.07, 6.45) is 0. The molecule has 0 unspecified atom stereocenters. The van der Waals surface area contributed by atoms with Crippen molar-refractivity contribution in [1.82, 2.24) is 16.0 Å². The molecule has 0 heterocycles. The molecule has 0 aliphatic heterocycles. The molecule has 22 heavy (non-hydrogen) atoms. The van der Waals surface area contributed by atoms with E-state index in [4.69, 9.17) is 0 Å². The Balaban J connectivity index is 2.52. The maximum atomic E-state index is 13.3. The minimum absolute atomic E-state index is 0.114. The minimum atomic E-state index is -0.175. The van der Waals surface area contributed by atoms with Gasteiger partial charge in [0.05, 0.1) is 6.54 Å². The predicted molar refractivity (Wildman–Crippen MR) is 91.7 cm³/mol. The van der Waals surface area contributed by atoms with E-state index in [1.807, 2.05) is 13.0 Å². The first-order chi connectivity index (χ1) is 10.3. The van der Waals surface area contributed by atoms with Gasteiger partial charge in [-0.1, -0.05) is 12.1 Å². The molecule has 0 aliphatic rings. The molecule has 1 aromatic rings. The van der Waals surface area contributed by atoms with Crippen LogP contribution in [0.15, 0.2) is 23.2 Å². The van der Waals surface area contributed by atoms with Gasteiger partial charge in [-0.15, -0.1) is 0 Å². The SMILES string of the molecule is CCNC(=NCc1ccc(F)c(C)c1)NCCNC(C)(C)C. The van der Waals surface area contributed by atoms with E-state index < -0.39 is 0 Å². The number of rotatable bonds is 6. The maximum Gasteiger partial charge on any atom is 0.191 e. The minimum Gasteiger partial charge on any atom is -0.357 e. The average Bonchev–Trinajstić information content (AvgIpc) is 2.43. The quantitative estimate of drug-likeness (QED) is 0.430. The van der Waals surface area contributed by atoms with Gasteiger partial charge in [-0.2, -0.15) is 0 Å². The summed E-state index contributed by atoms with van der Waals surface area (Å²) in [5.41, 5.74) is 1.77. The van der Waals surface area contributed by atoms with E-state index in [1.165, 1.54) is 6.07 Å². The van der Waals surface area contributed by atoms with Crippen LogP contribution in [0.5, 0.6) is 0 Å². The number of halogens is 1. The van der Waals surface area contributed by atoms with Crippen LogP contribution in [0.2, 0.25) is 0 Å². The summed E-state index contributed by atoms with van der Waals surface area (Å²) in [5.74, 6) is 0.603. The number of aliphatic imine (C=N–C) groups is 1. The van der Waals surface area contributed by atoms with Crippen molar-refractivity contribution in [3.63, 3.8) is 0 Å². The van der Waals surface area contributed by atoms with Crippen LogP contribution in [0.25, 0.3) is 0 Å². The molecule has 0 spiro atoms. The zero-order chi connectivity index (χ0) is 16.6. The van der Waals surface area contributed by atoms with Gasteiger partial charge < -0.3 is 16.0 Å². The first-order valence-corrected chi connectivity index (χ1v) is 7.84. The number of aryl methyl sites for hydroxylation is 1. The normalized spacial score (nSPS) is 12.4. The molecule has 0 bridgehead atoms. The van der Waals surface area contributed by atoms with E-state index in [-0.39, 0.29) is 11.4 Å². The second-order valence-electron chi connectivity index (χ2n) is 6.38. The molecule has 0 atom stereocenters. The lowest BCUT2D eigenvalue weighted by Gasteiger charge is -2.21. The fraction of sp³-hybridized carbons (Fsp3) is 0.588. The van der Waals surface area contributed by atoms with Gasteiger partial charge in [-0.05, 0) is 51.8 Å². The van der Waals surface area contributed by atoms with Gasteiger partial charge in [0.2, 0.25) is 0 Å². The third-order valence-electron chi connectivity index (χ3n) is 3.06. The summed E-state index contributed by atoms with van der Waals surface area (Å²) in [6, 6.07) is 5.11. The predicted octanol–water partition coefficient (Wildman–Crippen LogP) is 2.58. The van der Waals surface area contributed by atoms with E-state index in [9.17, 15) is 4.39 Å². The summed E-state index contributed by atoms with van der Waals surface area (Å²) in [4.78, 5) is 4.53. The van der Waals surface area contributed by atoms with Gasteiger partial charge in [0.1, 0.15) is 5.82 Å². The first kappa shape index (κ1) is 18.4. The van der Waals surface area contributed by atoms with Gasteiger partial charge in [0, 0.05) is 25.2 Å². The summed E-state index contributed by atoms with van der Waals surface area (Å²) in [7, 11) is 0. The summed E-state index contributed by atoms with van der Waals surface area (Å²) >= 11 is 0. The fourth-order valence-corrected chi connectivity index (χ4v) is 1.94. The van der Waals surface area contributed by atoms with Gasteiger partial charge in [0.25, 0.3) is 0 Å². The van der Waals surface area contributed by atoms with Crippen LogP contribution in [0.3, 0.4) is 0 Å². The van der Waals surface area contributed by atoms with E-state index in [2.05, 4.69) is 41.7 Å². The Morgan fingerprint density at radius 3 is 2.50 bits per heavy atom. The van der Waals surface area contributed by atoms with E-state index in [0.717, 1.165) is 31.2 Å². The van der Waals surface area contributed by atoms with Crippen LogP contribution < -0.4 is 16.0 Å². The highest BCUT2D eigenvalue weighted by atomic mass is 19.1. The number of guanidine groups is 1. The van der Waals surface area contributed by atoms with Crippen LogP contribution in [-0.4, -0.2) is 31.1 Å². The molecule has 0 radical (unpaired) electrons. The van der Waals surface area contributed by atoms with Crippen molar-refractivity contribution in [1.29, 1.82) is 0 Å². The van der Waals surface area contributed by atoms with Gasteiger partial charge in [0.15, 0.2) is 5.96 Å². The van der Waals surface area contributed by atoms with Crippen LogP contribution in [0.1, 0.15) is 38.8 Å². The van der Waals surface area contributed by atoms with Crippen molar-refractivity contribution >= 4 is 5.96 Å². The van der Waals surface area contributed by atoms with Crippen LogP contribution in [-0.2, 0) is 6.54 Å². The molecule has 5 heteroatoms. The lowest BCUT2D eigenvalue weighted by atomic mass is 10.1. The molecule has 3 N–H and O–H groups in total.